The number of hydrogen-bond donors (Lipinski definition) is 3. The molecule has 0 bridgehead atoms. The number of hydrogen-bond acceptors (Lipinski definition) is 3. The molecule has 17 heavy (non-hydrogen) atoms. The molecule has 0 fully saturated rings. The van der Waals surface area contributed by atoms with E-state index in [2.05, 4.69) is 15.5 Å². The fraction of sp³-hybridized carbons (Fsp3) is 0.0909. The molecule has 1 amide bonds. The first-order chi connectivity index (χ1) is 8.16. The molecule has 0 atom stereocenters. The van der Waals surface area contributed by atoms with Gasteiger partial charge in [0.15, 0.2) is 0 Å². The molecule has 3 N–H and O–H groups in total. The molecular formula is C11H10FN3O2. The second-order valence-electron chi connectivity index (χ2n) is 3.43. The molecule has 5 nitrogen and oxygen atoms in total. The van der Waals surface area contributed by atoms with Gasteiger partial charge in [-0.1, -0.05) is 0 Å². The predicted octanol–water partition coefficient (Wildman–Crippen LogP) is 1.18. The maximum absolute atomic E-state index is 12.9. The zero-order valence-corrected chi connectivity index (χ0v) is 8.77. The summed E-state index contributed by atoms with van der Waals surface area (Å²) in [6, 6.07) is 4.91. The quantitative estimate of drug-likeness (QED) is 0.747. The van der Waals surface area contributed by atoms with Crippen molar-refractivity contribution in [1.82, 2.24) is 15.5 Å². The molecule has 0 aliphatic carbocycles. The van der Waals surface area contributed by atoms with Gasteiger partial charge in [0.05, 0.1) is 17.8 Å². The summed E-state index contributed by atoms with van der Waals surface area (Å²) >= 11 is 0. The van der Waals surface area contributed by atoms with E-state index in [1.54, 1.807) is 12.3 Å². The third-order valence-electron chi connectivity index (χ3n) is 2.20. The number of aromatic hydroxyl groups is 1. The van der Waals surface area contributed by atoms with Crippen LogP contribution in [-0.4, -0.2) is 21.2 Å². The summed E-state index contributed by atoms with van der Waals surface area (Å²) < 4.78 is 12.9. The zero-order chi connectivity index (χ0) is 12.3. The lowest BCUT2D eigenvalue weighted by atomic mass is 10.2. The predicted molar refractivity (Wildman–Crippen MR) is 57.8 cm³/mol. The second kappa shape index (κ2) is 4.65. The highest BCUT2D eigenvalue weighted by molar-refractivity contribution is 5.96. The number of amides is 1. The summed E-state index contributed by atoms with van der Waals surface area (Å²) in [5.74, 6) is -1.38. The van der Waals surface area contributed by atoms with E-state index < -0.39 is 11.7 Å². The van der Waals surface area contributed by atoms with E-state index in [9.17, 15) is 14.3 Å². The average Bonchev–Trinajstić information content (AvgIpc) is 2.82. The number of carbonyl (C=O) groups is 1. The van der Waals surface area contributed by atoms with Crippen LogP contribution < -0.4 is 5.32 Å². The normalized spacial score (nSPS) is 10.2. The van der Waals surface area contributed by atoms with Crippen LogP contribution in [0, 0.1) is 5.82 Å². The molecule has 0 aliphatic rings. The van der Waals surface area contributed by atoms with Crippen LogP contribution in [-0.2, 0) is 6.54 Å². The number of H-pyrrole nitrogens is 1. The average molecular weight is 235 g/mol. The Kier molecular flexibility index (Phi) is 3.04. The van der Waals surface area contributed by atoms with Crippen molar-refractivity contribution in [1.29, 1.82) is 0 Å². The first kappa shape index (κ1) is 11.1. The van der Waals surface area contributed by atoms with Crippen molar-refractivity contribution in [3.05, 3.63) is 47.5 Å². The molecular weight excluding hydrogens is 225 g/mol. The van der Waals surface area contributed by atoms with Gasteiger partial charge >= 0.3 is 0 Å². The molecule has 0 saturated heterocycles. The van der Waals surface area contributed by atoms with Gasteiger partial charge in [-0.15, -0.1) is 0 Å². The smallest absolute Gasteiger partial charge is 0.255 e. The highest BCUT2D eigenvalue weighted by atomic mass is 19.1. The van der Waals surface area contributed by atoms with Gasteiger partial charge in [-0.3, -0.25) is 9.89 Å². The van der Waals surface area contributed by atoms with Crippen LogP contribution in [0.3, 0.4) is 0 Å². The lowest BCUT2D eigenvalue weighted by Crippen LogP contribution is -2.23. The number of nitrogens with zero attached hydrogens (tertiary/aromatic N) is 1. The summed E-state index contributed by atoms with van der Waals surface area (Å²) in [5, 5.41) is 18.3. The Labute approximate surface area is 96.3 Å². The maximum Gasteiger partial charge on any atom is 0.255 e. The summed E-state index contributed by atoms with van der Waals surface area (Å²) in [4.78, 5) is 11.6. The van der Waals surface area contributed by atoms with Crippen molar-refractivity contribution in [2.45, 2.75) is 6.54 Å². The third-order valence-corrected chi connectivity index (χ3v) is 2.20. The number of aromatic amines is 1. The Morgan fingerprint density at radius 2 is 2.29 bits per heavy atom. The molecule has 0 radical (unpaired) electrons. The van der Waals surface area contributed by atoms with Gasteiger partial charge in [0.25, 0.3) is 5.91 Å². The van der Waals surface area contributed by atoms with Crippen molar-refractivity contribution < 1.29 is 14.3 Å². The molecule has 0 aliphatic heterocycles. The van der Waals surface area contributed by atoms with Crippen molar-refractivity contribution in [2.24, 2.45) is 0 Å². The molecule has 6 heteroatoms. The first-order valence-corrected chi connectivity index (χ1v) is 4.92. The SMILES string of the molecule is O=C(NCc1ccn[nH]1)c1cc(F)ccc1O. The van der Waals surface area contributed by atoms with Crippen LogP contribution >= 0.6 is 0 Å². The van der Waals surface area contributed by atoms with E-state index in [0.29, 0.717) is 5.69 Å². The van der Waals surface area contributed by atoms with Crippen LogP contribution in [0.4, 0.5) is 4.39 Å². The largest absolute Gasteiger partial charge is 0.507 e. The fourth-order valence-electron chi connectivity index (χ4n) is 1.34. The number of nitrogens with one attached hydrogen (secondary N) is 2. The molecule has 2 aromatic rings. The molecule has 1 heterocycles. The van der Waals surface area contributed by atoms with Gasteiger partial charge in [-0.05, 0) is 24.3 Å². The van der Waals surface area contributed by atoms with E-state index in [-0.39, 0.29) is 17.9 Å². The van der Waals surface area contributed by atoms with Gasteiger partial charge in [-0.25, -0.2) is 4.39 Å². The highest BCUT2D eigenvalue weighted by Gasteiger charge is 2.11. The summed E-state index contributed by atoms with van der Waals surface area (Å²) in [7, 11) is 0. The van der Waals surface area contributed by atoms with E-state index in [0.717, 1.165) is 18.2 Å². The number of aromatic nitrogens is 2. The molecule has 1 aromatic heterocycles. The van der Waals surface area contributed by atoms with E-state index in [4.69, 9.17) is 0 Å². The Morgan fingerprint density at radius 1 is 1.47 bits per heavy atom. The molecule has 0 saturated carbocycles. The van der Waals surface area contributed by atoms with Crippen LogP contribution in [0.15, 0.2) is 30.5 Å². The Bertz CT molecular complexity index is 526. The van der Waals surface area contributed by atoms with Crippen molar-refractivity contribution in [3.8, 4) is 5.75 Å². The van der Waals surface area contributed by atoms with Crippen LogP contribution in [0.25, 0.3) is 0 Å². The molecule has 88 valence electrons. The molecule has 2 rings (SSSR count). The monoisotopic (exact) mass is 235 g/mol. The van der Waals surface area contributed by atoms with Crippen molar-refractivity contribution in [3.63, 3.8) is 0 Å². The number of rotatable bonds is 3. The number of benzene rings is 1. The number of carbonyl (C=O) groups excluding carboxylic acids is 1. The zero-order valence-electron chi connectivity index (χ0n) is 8.77. The Balaban J connectivity index is 2.07. The van der Waals surface area contributed by atoms with Gasteiger partial charge in [0.1, 0.15) is 11.6 Å². The molecule has 0 spiro atoms. The van der Waals surface area contributed by atoms with Gasteiger partial charge in [-0.2, -0.15) is 5.10 Å². The summed E-state index contributed by atoms with van der Waals surface area (Å²) in [6.45, 7) is 0.231. The van der Waals surface area contributed by atoms with E-state index >= 15 is 0 Å². The number of phenolic OH excluding ortho intramolecular Hbond substituents is 1. The minimum absolute atomic E-state index is 0.0930. The highest BCUT2D eigenvalue weighted by Crippen LogP contribution is 2.17. The lowest BCUT2D eigenvalue weighted by Gasteiger charge is -2.05. The van der Waals surface area contributed by atoms with Crippen LogP contribution in [0.1, 0.15) is 16.1 Å². The van der Waals surface area contributed by atoms with Gasteiger partial charge in [0, 0.05) is 6.20 Å². The second-order valence-corrected chi connectivity index (χ2v) is 3.43. The summed E-state index contributed by atoms with van der Waals surface area (Å²) in [5.41, 5.74) is 0.624. The number of halogens is 1. The first-order valence-electron chi connectivity index (χ1n) is 4.92. The van der Waals surface area contributed by atoms with Gasteiger partial charge in [0.2, 0.25) is 0 Å². The van der Waals surface area contributed by atoms with E-state index in [1.165, 1.54) is 0 Å². The maximum atomic E-state index is 12.9. The number of phenols is 1. The molecule has 0 unspecified atom stereocenters. The minimum Gasteiger partial charge on any atom is -0.507 e. The van der Waals surface area contributed by atoms with Crippen LogP contribution in [0.5, 0.6) is 5.75 Å². The van der Waals surface area contributed by atoms with Crippen molar-refractivity contribution in [2.75, 3.05) is 0 Å². The van der Waals surface area contributed by atoms with Crippen molar-refractivity contribution >= 4 is 5.91 Å². The standard InChI is InChI=1S/C11H10FN3O2/c12-7-1-2-10(16)9(5-7)11(17)13-6-8-3-4-14-15-8/h1-5,16H,6H2,(H,13,17)(H,14,15). The van der Waals surface area contributed by atoms with E-state index in [1.807, 2.05) is 0 Å². The Hall–Kier alpha value is -2.37. The third kappa shape index (κ3) is 2.60. The van der Waals surface area contributed by atoms with Crippen LogP contribution in [0.2, 0.25) is 0 Å². The van der Waals surface area contributed by atoms with Gasteiger partial charge < -0.3 is 10.4 Å². The minimum atomic E-state index is -0.575. The lowest BCUT2D eigenvalue weighted by molar-refractivity contribution is 0.0947. The fourth-order valence-corrected chi connectivity index (χ4v) is 1.34. The molecule has 1 aromatic carbocycles. The Morgan fingerprint density at radius 3 is 3.00 bits per heavy atom. The topological polar surface area (TPSA) is 78.0 Å². The summed E-state index contributed by atoms with van der Waals surface area (Å²) in [6.07, 6.45) is 1.56.